The number of hydrogen-bond donors (Lipinski definition) is 1. The summed E-state index contributed by atoms with van der Waals surface area (Å²) >= 11 is 0. The molecule has 2 nitrogen and oxygen atoms in total. The maximum atomic E-state index is 13.5. The van der Waals surface area contributed by atoms with Gasteiger partial charge >= 0.3 is 0 Å². The normalized spacial score (nSPS) is 12.8. The summed E-state index contributed by atoms with van der Waals surface area (Å²) in [7, 11) is 0. The Kier molecular flexibility index (Phi) is 4.82. The fourth-order valence-corrected chi connectivity index (χ4v) is 1.94. The topological polar surface area (TPSA) is 37.3 Å². The van der Waals surface area contributed by atoms with E-state index >= 15 is 0 Å². The van der Waals surface area contributed by atoms with Gasteiger partial charge in [-0.05, 0) is 25.0 Å². The molecule has 0 saturated heterocycles. The van der Waals surface area contributed by atoms with E-state index in [0.717, 1.165) is 5.56 Å². The number of carbonyl (C=O) groups is 1. The van der Waals surface area contributed by atoms with Gasteiger partial charge in [-0.3, -0.25) is 4.79 Å². The van der Waals surface area contributed by atoms with Crippen molar-refractivity contribution in [3.05, 3.63) is 35.1 Å². The molecule has 0 aliphatic rings. The number of carbonyl (C=O) groups excluding carboxylic acids is 1. The number of hydrogen-bond acceptors (Lipinski definition) is 2. The van der Waals surface area contributed by atoms with E-state index in [1.807, 2.05) is 13.8 Å². The van der Waals surface area contributed by atoms with Crippen molar-refractivity contribution in [2.45, 2.75) is 39.7 Å². The molecule has 1 rings (SSSR count). The molecule has 0 radical (unpaired) electrons. The highest BCUT2D eigenvalue weighted by Gasteiger charge is 2.26. The van der Waals surface area contributed by atoms with Crippen LogP contribution in [0, 0.1) is 18.7 Å². The molecule has 1 aromatic carbocycles. The first-order valence-electron chi connectivity index (χ1n) is 5.99. The predicted octanol–water partition coefficient (Wildman–Crippen LogP) is 3.11. The van der Waals surface area contributed by atoms with Crippen LogP contribution in [0.25, 0.3) is 0 Å². The molecule has 1 N–H and O–H groups in total. The lowest BCUT2D eigenvalue weighted by atomic mass is 9.90. The maximum absolute atomic E-state index is 13.5. The van der Waals surface area contributed by atoms with Gasteiger partial charge in [0.05, 0.1) is 5.56 Å². The van der Waals surface area contributed by atoms with Gasteiger partial charge < -0.3 is 5.11 Å². The van der Waals surface area contributed by atoms with Crippen LogP contribution in [0.1, 0.15) is 42.6 Å². The average molecular weight is 238 g/mol. The molecule has 94 valence electrons. The second-order valence-electron chi connectivity index (χ2n) is 4.37. The second-order valence-corrected chi connectivity index (χ2v) is 4.37. The Balaban J connectivity index is 2.99. The predicted molar refractivity (Wildman–Crippen MR) is 65.5 cm³/mol. The number of aliphatic hydroxyl groups excluding tert-OH is 1. The second kappa shape index (κ2) is 5.92. The highest BCUT2D eigenvalue weighted by molar-refractivity contribution is 5.99. The molecule has 3 heteroatoms. The van der Waals surface area contributed by atoms with Crippen LogP contribution in [-0.4, -0.2) is 17.0 Å². The average Bonchev–Trinajstić information content (AvgIpc) is 2.32. The third-order valence-electron chi connectivity index (χ3n) is 3.15. The van der Waals surface area contributed by atoms with E-state index in [0.29, 0.717) is 12.8 Å². The minimum absolute atomic E-state index is 0.00981. The molecule has 0 saturated carbocycles. The number of Topliss-reactive ketones (excluding diaryl/α,β-unsaturated/α-hetero) is 1. The smallest absolute Gasteiger partial charge is 0.194 e. The van der Waals surface area contributed by atoms with Crippen molar-refractivity contribution in [2.24, 2.45) is 5.92 Å². The van der Waals surface area contributed by atoms with Crippen molar-refractivity contribution in [3.8, 4) is 0 Å². The number of aryl methyl sites for hydroxylation is 1. The molecule has 1 aromatic rings. The number of benzene rings is 1. The van der Waals surface area contributed by atoms with E-state index in [2.05, 4.69) is 0 Å². The monoisotopic (exact) mass is 238 g/mol. The lowest BCUT2D eigenvalue weighted by Gasteiger charge is -2.19. The minimum atomic E-state index is -1.11. The maximum Gasteiger partial charge on any atom is 0.194 e. The van der Waals surface area contributed by atoms with E-state index in [-0.39, 0.29) is 11.5 Å². The summed E-state index contributed by atoms with van der Waals surface area (Å²) < 4.78 is 13.5. The van der Waals surface area contributed by atoms with Gasteiger partial charge in [0.1, 0.15) is 11.9 Å². The molecule has 17 heavy (non-hydrogen) atoms. The first-order valence-corrected chi connectivity index (χ1v) is 5.99. The Labute approximate surface area is 101 Å². The molecule has 0 heterocycles. The summed E-state index contributed by atoms with van der Waals surface area (Å²) in [6.45, 7) is 5.62. The zero-order valence-corrected chi connectivity index (χ0v) is 10.5. The standard InChI is InChI=1S/C14H19FO2/c1-4-10(5-2)13(16)14(17)11-8-9(3)6-7-12(11)15/h6-8,10,13,16H,4-5H2,1-3H3. The van der Waals surface area contributed by atoms with Gasteiger partial charge in [0.2, 0.25) is 0 Å². The highest BCUT2D eigenvalue weighted by atomic mass is 19.1. The molecular weight excluding hydrogens is 219 g/mol. The van der Waals surface area contributed by atoms with Crippen LogP contribution >= 0.6 is 0 Å². The van der Waals surface area contributed by atoms with Crippen LogP contribution in [0.5, 0.6) is 0 Å². The Hall–Kier alpha value is -1.22. The van der Waals surface area contributed by atoms with Gasteiger partial charge in [-0.25, -0.2) is 4.39 Å². The van der Waals surface area contributed by atoms with E-state index in [9.17, 15) is 14.3 Å². The Morgan fingerprint density at radius 2 is 1.94 bits per heavy atom. The van der Waals surface area contributed by atoms with Gasteiger partial charge in [0.25, 0.3) is 0 Å². The van der Waals surface area contributed by atoms with Gasteiger partial charge in [-0.15, -0.1) is 0 Å². The summed E-state index contributed by atoms with van der Waals surface area (Å²) in [4.78, 5) is 12.0. The molecule has 0 spiro atoms. The van der Waals surface area contributed by atoms with E-state index < -0.39 is 17.7 Å². The zero-order valence-electron chi connectivity index (χ0n) is 10.5. The molecule has 0 aliphatic carbocycles. The molecule has 0 amide bonds. The quantitative estimate of drug-likeness (QED) is 0.800. The van der Waals surface area contributed by atoms with Crippen LogP contribution in [0.2, 0.25) is 0 Å². The Bertz CT molecular complexity index is 397. The molecule has 0 aromatic heterocycles. The highest BCUT2D eigenvalue weighted by Crippen LogP contribution is 2.19. The van der Waals surface area contributed by atoms with Crippen molar-refractivity contribution in [2.75, 3.05) is 0 Å². The summed E-state index contributed by atoms with van der Waals surface area (Å²) in [5.74, 6) is -1.19. The fraction of sp³-hybridized carbons (Fsp3) is 0.500. The van der Waals surface area contributed by atoms with Gasteiger partial charge in [-0.2, -0.15) is 0 Å². The van der Waals surface area contributed by atoms with Crippen molar-refractivity contribution in [1.29, 1.82) is 0 Å². The van der Waals surface area contributed by atoms with E-state index in [1.54, 1.807) is 13.0 Å². The van der Waals surface area contributed by atoms with Gasteiger partial charge in [0.15, 0.2) is 5.78 Å². The van der Waals surface area contributed by atoms with E-state index in [4.69, 9.17) is 0 Å². The minimum Gasteiger partial charge on any atom is -0.385 e. The van der Waals surface area contributed by atoms with Crippen molar-refractivity contribution >= 4 is 5.78 Å². The third kappa shape index (κ3) is 3.13. The summed E-state index contributed by atoms with van der Waals surface area (Å²) in [5.41, 5.74) is 0.802. The van der Waals surface area contributed by atoms with Crippen LogP contribution in [0.4, 0.5) is 4.39 Å². The summed E-state index contributed by atoms with van der Waals surface area (Å²) in [6, 6.07) is 4.36. The summed E-state index contributed by atoms with van der Waals surface area (Å²) in [6.07, 6.45) is 0.300. The SMILES string of the molecule is CCC(CC)C(O)C(=O)c1cc(C)ccc1F. The Morgan fingerprint density at radius 1 is 1.35 bits per heavy atom. The first kappa shape index (κ1) is 13.8. The molecule has 0 aliphatic heterocycles. The van der Waals surface area contributed by atoms with Gasteiger partial charge in [-0.1, -0.05) is 38.3 Å². The molecular formula is C14H19FO2. The molecule has 0 bridgehead atoms. The number of aliphatic hydroxyl groups is 1. The lowest BCUT2D eigenvalue weighted by Crippen LogP contribution is -2.29. The number of ketones is 1. The fourth-order valence-electron chi connectivity index (χ4n) is 1.94. The van der Waals surface area contributed by atoms with E-state index in [1.165, 1.54) is 12.1 Å². The van der Waals surface area contributed by atoms with Crippen molar-refractivity contribution < 1.29 is 14.3 Å². The Morgan fingerprint density at radius 3 is 2.47 bits per heavy atom. The number of halogens is 1. The van der Waals surface area contributed by atoms with Gasteiger partial charge in [0, 0.05) is 0 Å². The lowest BCUT2D eigenvalue weighted by molar-refractivity contribution is 0.0583. The number of rotatable bonds is 5. The van der Waals surface area contributed by atoms with Crippen LogP contribution in [0.3, 0.4) is 0 Å². The van der Waals surface area contributed by atoms with Crippen LogP contribution in [-0.2, 0) is 0 Å². The molecule has 1 atom stereocenters. The van der Waals surface area contributed by atoms with Crippen LogP contribution in [0.15, 0.2) is 18.2 Å². The first-order chi connectivity index (χ1) is 8.01. The molecule has 1 unspecified atom stereocenters. The zero-order chi connectivity index (χ0) is 13.0. The third-order valence-corrected chi connectivity index (χ3v) is 3.15. The van der Waals surface area contributed by atoms with Crippen LogP contribution < -0.4 is 0 Å². The summed E-state index contributed by atoms with van der Waals surface area (Å²) in [5, 5.41) is 9.93. The largest absolute Gasteiger partial charge is 0.385 e. The van der Waals surface area contributed by atoms with Crippen molar-refractivity contribution in [1.82, 2.24) is 0 Å². The van der Waals surface area contributed by atoms with Crippen molar-refractivity contribution in [3.63, 3.8) is 0 Å². The molecule has 0 fully saturated rings.